The van der Waals surface area contributed by atoms with Crippen molar-refractivity contribution < 1.29 is 9.18 Å². The van der Waals surface area contributed by atoms with E-state index >= 15 is 0 Å². The molecule has 0 aliphatic carbocycles. The lowest BCUT2D eigenvalue weighted by molar-refractivity contribution is -0.113. The molecule has 0 saturated heterocycles. The number of benzene rings is 2. The molecule has 2 aromatic rings. The second-order valence-electron chi connectivity index (χ2n) is 5.91. The third kappa shape index (κ3) is 3.69. The largest absolute Gasteiger partial charge is 0.351 e. The molecule has 0 saturated carbocycles. The van der Waals surface area contributed by atoms with E-state index in [0.29, 0.717) is 27.6 Å². The lowest BCUT2D eigenvalue weighted by Gasteiger charge is -2.30. The average Bonchev–Trinajstić information content (AvgIpc) is 2.56. The van der Waals surface area contributed by atoms with Crippen LogP contribution in [0.5, 0.6) is 0 Å². The molecule has 1 aliphatic heterocycles. The monoisotopic (exact) mass is 355 g/mol. The number of thiocarbonyl (C=S) groups is 1. The Kier molecular flexibility index (Phi) is 4.81. The lowest BCUT2D eigenvalue weighted by atomic mass is 9.94. The van der Waals surface area contributed by atoms with Crippen molar-refractivity contribution in [3.8, 4) is 0 Å². The molecule has 0 aromatic heterocycles. The van der Waals surface area contributed by atoms with Gasteiger partial charge in [-0.3, -0.25) is 4.79 Å². The molecule has 0 bridgehead atoms. The van der Waals surface area contributed by atoms with Gasteiger partial charge in [0.05, 0.1) is 11.6 Å². The molecule has 4 nitrogen and oxygen atoms in total. The van der Waals surface area contributed by atoms with E-state index in [0.717, 1.165) is 5.56 Å². The second-order valence-corrected chi connectivity index (χ2v) is 6.32. The summed E-state index contributed by atoms with van der Waals surface area (Å²) in [5.74, 6) is -0.699. The summed E-state index contributed by atoms with van der Waals surface area (Å²) in [5.41, 5.74) is 3.15. The fraction of sp³-hybridized carbons (Fsp3) is 0.158. The zero-order valence-corrected chi connectivity index (χ0v) is 14.7. The van der Waals surface area contributed by atoms with Crippen LogP contribution in [0.4, 0.5) is 10.1 Å². The first-order valence-corrected chi connectivity index (χ1v) is 8.27. The smallest absolute Gasteiger partial charge is 0.255 e. The number of carbonyl (C=O) groups excluding carboxylic acids is 1. The third-order valence-corrected chi connectivity index (χ3v) is 4.26. The molecule has 0 spiro atoms. The van der Waals surface area contributed by atoms with Crippen LogP contribution in [0, 0.1) is 12.7 Å². The number of hydrogen-bond acceptors (Lipinski definition) is 2. The van der Waals surface area contributed by atoms with Gasteiger partial charge in [0.15, 0.2) is 5.11 Å². The summed E-state index contributed by atoms with van der Waals surface area (Å²) in [6, 6.07) is 13.2. The Balaban J connectivity index is 1.96. The van der Waals surface area contributed by atoms with E-state index in [4.69, 9.17) is 12.2 Å². The van der Waals surface area contributed by atoms with Crippen molar-refractivity contribution in [3.63, 3.8) is 0 Å². The number of amides is 1. The van der Waals surface area contributed by atoms with Crippen LogP contribution >= 0.6 is 12.2 Å². The quantitative estimate of drug-likeness (QED) is 0.737. The molecule has 6 heteroatoms. The number of halogens is 1. The van der Waals surface area contributed by atoms with Crippen LogP contribution in [-0.4, -0.2) is 11.0 Å². The molecule has 1 atom stereocenters. The highest BCUT2D eigenvalue weighted by Gasteiger charge is 2.31. The Morgan fingerprint density at radius 3 is 2.48 bits per heavy atom. The van der Waals surface area contributed by atoms with Crippen LogP contribution in [0.25, 0.3) is 0 Å². The maximum atomic E-state index is 14.3. The number of allylic oxidation sites excluding steroid dienone is 1. The molecular weight excluding hydrogens is 337 g/mol. The molecule has 3 rings (SSSR count). The molecule has 1 amide bonds. The Hall–Kier alpha value is -2.73. The van der Waals surface area contributed by atoms with Crippen LogP contribution < -0.4 is 16.0 Å². The molecule has 0 radical (unpaired) electrons. The van der Waals surface area contributed by atoms with Crippen molar-refractivity contribution >= 4 is 28.9 Å². The number of anilines is 1. The minimum atomic E-state index is -0.652. The van der Waals surface area contributed by atoms with Crippen molar-refractivity contribution in [2.75, 3.05) is 5.32 Å². The van der Waals surface area contributed by atoms with Crippen LogP contribution in [-0.2, 0) is 4.79 Å². The zero-order valence-electron chi connectivity index (χ0n) is 13.9. The van der Waals surface area contributed by atoms with Crippen LogP contribution in [0.2, 0.25) is 0 Å². The topological polar surface area (TPSA) is 53.2 Å². The van der Waals surface area contributed by atoms with Gasteiger partial charge in [-0.15, -0.1) is 0 Å². The van der Waals surface area contributed by atoms with E-state index in [1.807, 2.05) is 31.2 Å². The van der Waals surface area contributed by atoms with Gasteiger partial charge in [-0.2, -0.15) is 0 Å². The van der Waals surface area contributed by atoms with Gasteiger partial charge in [0.25, 0.3) is 5.91 Å². The predicted molar refractivity (Wildman–Crippen MR) is 101 cm³/mol. The zero-order chi connectivity index (χ0) is 18.0. The Labute approximate surface area is 151 Å². The summed E-state index contributed by atoms with van der Waals surface area (Å²) in [6.07, 6.45) is 0. The van der Waals surface area contributed by atoms with E-state index < -0.39 is 11.9 Å². The summed E-state index contributed by atoms with van der Waals surface area (Å²) in [5, 5.41) is 9.15. The van der Waals surface area contributed by atoms with Gasteiger partial charge in [0.2, 0.25) is 0 Å². The highest BCUT2D eigenvalue weighted by Crippen LogP contribution is 2.29. The van der Waals surface area contributed by atoms with Crippen molar-refractivity contribution in [2.24, 2.45) is 0 Å². The summed E-state index contributed by atoms with van der Waals surface area (Å²) >= 11 is 5.18. The molecule has 3 N–H and O–H groups in total. The average molecular weight is 355 g/mol. The van der Waals surface area contributed by atoms with Gasteiger partial charge in [-0.05, 0) is 44.3 Å². The SMILES string of the molecule is CC1=C(C(=O)Nc2ccc(C)cc2)C(c2ccccc2F)NC(=S)N1. The summed E-state index contributed by atoms with van der Waals surface area (Å²) < 4.78 is 14.3. The minimum absolute atomic E-state index is 0.308. The Morgan fingerprint density at radius 2 is 1.80 bits per heavy atom. The molecule has 25 heavy (non-hydrogen) atoms. The van der Waals surface area contributed by atoms with Gasteiger partial charge in [0, 0.05) is 16.9 Å². The molecule has 2 aromatic carbocycles. The fourth-order valence-electron chi connectivity index (χ4n) is 2.77. The lowest BCUT2D eigenvalue weighted by Crippen LogP contribution is -2.46. The molecule has 1 heterocycles. The number of nitrogens with one attached hydrogen (secondary N) is 3. The first kappa shape index (κ1) is 17.1. The normalized spacial score (nSPS) is 16.9. The van der Waals surface area contributed by atoms with E-state index in [9.17, 15) is 9.18 Å². The summed E-state index contributed by atoms with van der Waals surface area (Å²) in [4.78, 5) is 12.8. The van der Waals surface area contributed by atoms with Crippen LogP contribution in [0.1, 0.15) is 24.1 Å². The minimum Gasteiger partial charge on any atom is -0.351 e. The highest BCUT2D eigenvalue weighted by molar-refractivity contribution is 7.80. The molecular formula is C19H18FN3OS. The first-order chi connectivity index (χ1) is 12.0. The maximum Gasteiger partial charge on any atom is 0.255 e. The van der Waals surface area contributed by atoms with Gasteiger partial charge in [-0.25, -0.2) is 4.39 Å². The van der Waals surface area contributed by atoms with Gasteiger partial charge in [-0.1, -0.05) is 35.9 Å². The van der Waals surface area contributed by atoms with E-state index in [1.165, 1.54) is 6.07 Å². The van der Waals surface area contributed by atoms with Crippen molar-refractivity contribution in [1.29, 1.82) is 0 Å². The molecule has 128 valence electrons. The number of hydrogen-bond donors (Lipinski definition) is 3. The number of aryl methyl sites for hydroxylation is 1. The Morgan fingerprint density at radius 1 is 1.12 bits per heavy atom. The first-order valence-electron chi connectivity index (χ1n) is 7.86. The van der Waals surface area contributed by atoms with Gasteiger partial charge >= 0.3 is 0 Å². The fourth-order valence-corrected chi connectivity index (χ4v) is 3.04. The van der Waals surface area contributed by atoms with Gasteiger partial charge < -0.3 is 16.0 Å². The Bertz CT molecular complexity index is 861. The molecule has 0 fully saturated rings. The van der Waals surface area contributed by atoms with E-state index in [2.05, 4.69) is 16.0 Å². The van der Waals surface area contributed by atoms with E-state index in [-0.39, 0.29) is 5.91 Å². The summed E-state index contributed by atoms with van der Waals surface area (Å²) in [7, 11) is 0. The van der Waals surface area contributed by atoms with Crippen LogP contribution in [0.15, 0.2) is 59.8 Å². The van der Waals surface area contributed by atoms with Crippen molar-refractivity contribution in [2.45, 2.75) is 19.9 Å². The molecule has 1 aliphatic rings. The third-order valence-electron chi connectivity index (χ3n) is 4.04. The van der Waals surface area contributed by atoms with Crippen LogP contribution in [0.3, 0.4) is 0 Å². The van der Waals surface area contributed by atoms with Crippen molar-refractivity contribution in [1.82, 2.24) is 10.6 Å². The standard InChI is InChI=1S/C19H18FN3OS/c1-11-7-9-13(10-8-11)22-18(24)16-12(2)21-19(25)23-17(16)14-5-3-4-6-15(14)20/h3-10,17H,1-2H3,(H,22,24)(H2,21,23,25). The predicted octanol–water partition coefficient (Wildman–Crippen LogP) is 3.57. The summed E-state index contributed by atoms with van der Waals surface area (Å²) in [6.45, 7) is 3.73. The van der Waals surface area contributed by atoms with E-state index in [1.54, 1.807) is 25.1 Å². The highest BCUT2D eigenvalue weighted by atomic mass is 32.1. The number of rotatable bonds is 3. The second kappa shape index (κ2) is 7.03. The molecule has 1 unspecified atom stereocenters. The number of carbonyl (C=O) groups is 1. The van der Waals surface area contributed by atoms with Gasteiger partial charge in [0.1, 0.15) is 5.82 Å². The maximum absolute atomic E-state index is 14.3. The van der Waals surface area contributed by atoms with Crippen molar-refractivity contribution in [3.05, 3.63) is 76.7 Å².